The number of aliphatic hydroxyl groups excluding tert-OH is 1. The van der Waals surface area contributed by atoms with Gasteiger partial charge >= 0.3 is 0 Å². The first kappa shape index (κ1) is 20.6. The average molecular weight is 490 g/mol. The quantitative estimate of drug-likeness (QED) is 0.484. The van der Waals surface area contributed by atoms with Crippen LogP contribution in [0.5, 0.6) is 5.75 Å². The van der Waals surface area contributed by atoms with E-state index in [4.69, 9.17) is 4.74 Å². The highest BCUT2D eigenvalue weighted by molar-refractivity contribution is 14.1. The van der Waals surface area contributed by atoms with Crippen molar-refractivity contribution in [1.29, 1.82) is 0 Å². The highest BCUT2D eigenvalue weighted by Crippen LogP contribution is 2.15. The minimum absolute atomic E-state index is 0.0258. The molecule has 2 rings (SSSR count). The number of methoxy groups -OCH3 is 1. The summed E-state index contributed by atoms with van der Waals surface area (Å²) in [5, 5.41) is 12.0. The van der Waals surface area contributed by atoms with Gasteiger partial charge in [0.2, 0.25) is 15.9 Å². The van der Waals surface area contributed by atoms with Crippen LogP contribution >= 0.6 is 22.6 Å². The van der Waals surface area contributed by atoms with Crippen LogP contribution in [0.1, 0.15) is 5.56 Å². The third-order valence-electron chi connectivity index (χ3n) is 3.52. The highest BCUT2D eigenvalue weighted by Gasteiger charge is 2.25. The van der Waals surface area contributed by atoms with Crippen molar-refractivity contribution in [2.24, 2.45) is 0 Å². The third-order valence-corrected chi connectivity index (χ3v) is 5.68. The summed E-state index contributed by atoms with van der Waals surface area (Å²) in [6, 6.07) is 12.0. The van der Waals surface area contributed by atoms with Crippen molar-refractivity contribution >= 4 is 38.5 Å². The van der Waals surface area contributed by atoms with Gasteiger partial charge < -0.3 is 15.2 Å². The number of carbonyl (C=O) groups is 1. The Hall–Kier alpha value is -1.69. The maximum atomic E-state index is 12.4. The predicted molar refractivity (Wildman–Crippen MR) is 105 cm³/mol. The Morgan fingerprint density at radius 1 is 1.23 bits per heavy atom. The van der Waals surface area contributed by atoms with Gasteiger partial charge in [-0.3, -0.25) is 4.79 Å². The van der Waals surface area contributed by atoms with Crippen LogP contribution in [0.15, 0.2) is 53.4 Å². The standard InChI is InChI=1S/C17H19IN2O5S/c1-25-14-5-7-15(8-6-14)26(23,24)20-16(11-21)17(22)19-10-12-3-2-4-13(18)9-12/h2-9,16,20-21H,10-11H2,1H3,(H,19,22)/t16-/m0/s1. The molecule has 26 heavy (non-hydrogen) atoms. The lowest BCUT2D eigenvalue weighted by atomic mass is 10.2. The molecule has 0 aromatic heterocycles. The molecule has 1 atom stereocenters. The van der Waals surface area contributed by atoms with Crippen molar-refractivity contribution in [3.05, 3.63) is 57.7 Å². The van der Waals surface area contributed by atoms with Crippen LogP contribution in [0, 0.1) is 3.57 Å². The van der Waals surface area contributed by atoms with Crippen molar-refractivity contribution in [2.45, 2.75) is 17.5 Å². The van der Waals surface area contributed by atoms with E-state index in [1.54, 1.807) is 0 Å². The third kappa shape index (κ3) is 5.66. The molecule has 2 aromatic carbocycles. The Bertz CT molecular complexity index is 856. The van der Waals surface area contributed by atoms with E-state index in [0.717, 1.165) is 9.13 Å². The van der Waals surface area contributed by atoms with Gasteiger partial charge in [0, 0.05) is 10.1 Å². The van der Waals surface area contributed by atoms with E-state index in [2.05, 4.69) is 32.6 Å². The van der Waals surface area contributed by atoms with E-state index in [1.165, 1.54) is 31.4 Å². The summed E-state index contributed by atoms with van der Waals surface area (Å²) in [6.07, 6.45) is 0. The monoisotopic (exact) mass is 490 g/mol. The maximum absolute atomic E-state index is 12.4. The molecule has 0 fully saturated rings. The largest absolute Gasteiger partial charge is 0.497 e. The smallest absolute Gasteiger partial charge is 0.241 e. The molecular formula is C17H19IN2O5S. The number of nitrogens with one attached hydrogen (secondary N) is 2. The zero-order valence-corrected chi connectivity index (χ0v) is 17.0. The Morgan fingerprint density at radius 3 is 2.50 bits per heavy atom. The molecule has 9 heteroatoms. The molecule has 0 unspecified atom stereocenters. The minimum atomic E-state index is -3.96. The molecule has 0 saturated heterocycles. The van der Waals surface area contributed by atoms with Crippen LogP contribution in [0.3, 0.4) is 0 Å². The van der Waals surface area contributed by atoms with Crippen molar-refractivity contribution in [1.82, 2.24) is 10.0 Å². The fourth-order valence-electron chi connectivity index (χ4n) is 2.14. The number of sulfonamides is 1. The van der Waals surface area contributed by atoms with E-state index in [-0.39, 0.29) is 11.4 Å². The van der Waals surface area contributed by atoms with Crippen LogP contribution < -0.4 is 14.8 Å². The van der Waals surface area contributed by atoms with Gasteiger partial charge in [-0.15, -0.1) is 0 Å². The first-order valence-electron chi connectivity index (χ1n) is 7.65. The van der Waals surface area contributed by atoms with E-state index < -0.39 is 28.6 Å². The lowest BCUT2D eigenvalue weighted by Gasteiger charge is -2.16. The lowest BCUT2D eigenvalue weighted by molar-refractivity contribution is -0.123. The summed E-state index contributed by atoms with van der Waals surface area (Å²) < 4.78 is 33.0. The Labute approximate surface area is 166 Å². The molecule has 0 saturated carbocycles. The molecular weight excluding hydrogens is 471 g/mol. The number of rotatable bonds is 8. The second kappa shape index (κ2) is 9.31. The molecule has 140 valence electrons. The summed E-state index contributed by atoms with van der Waals surface area (Å²) in [5.74, 6) is -0.0960. The van der Waals surface area contributed by atoms with E-state index in [9.17, 15) is 18.3 Å². The van der Waals surface area contributed by atoms with E-state index in [1.807, 2.05) is 24.3 Å². The molecule has 3 N–H and O–H groups in total. The minimum Gasteiger partial charge on any atom is -0.497 e. The van der Waals surface area contributed by atoms with Gasteiger partial charge in [-0.1, -0.05) is 12.1 Å². The fourth-order valence-corrected chi connectivity index (χ4v) is 3.94. The van der Waals surface area contributed by atoms with Crippen LogP contribution in [0.2, 0.25) is 0 Å². The van der Waals surface area contributed by atoms with Gasteiger partial charge in [0.1, 0.15) is 11.8 Å². The fraction of sp³-hybridized carbons (Fsp3) is 0.235. The molecule has 0 radical (unpaired) electrons. The van der Waals surface area contributed by atoms with Gasteiger partial charge in [-0.2, -0.15) is 4.72 Å². The van der Waals surface area contributed by atoms with Crippen molar-refractivity contribution < 1.29 is 23.1 Å². The second-order valence-electron chi connectivity index (χ2n) is 5.38. The molecule has 0 bridgehead atoms. The van der Waals surface area contributed by atoms with Crippen molar-refractivity contribution in [2.75, 3.05) is 13.7 Å². The Balaban J connectivity index is 2.03. The molecule has 1 amide bonds. The molecule has 7 nitrogen and oxygen atoms in total. The maximum Gasteiger partial charge on any atom is 0.241 e. The lowest BCUT2D eigenvalue weighted by Crippen LogP contribution is -2.48. The van der Waals surface area contributed by atoms with Crippen LogP contribution in [0.25, 0.3) is 0 Å². The van der Waals surface area contributed by atoms with Gasteiger partial charge in [0.25, 0.3) is 0 Å². The summed E-state index contributed by atoms with van der Waals surface area (Å²) in [6.45, 7) is -0.427. The summed E-state index contributed by atoms with van der Waals surface area (Å²) >= 11 is 2.16. The molecule has 0 aliphatic carbocycles. The predicted octanol–water partition coefficient (Wildman–Crippen LogP) is 1.26. The second-order valence-corrected chi connectivity index (χ2v) is 8.34. The van der Waals surface area contributed by atoms with Crippen LogP contribution in [-0.2, 0) is 21.4 Å². The number of halogens is 1. The van der Waals surface area contributed by atoms with Crippen LogP contribution in [-0.4, -0.2) is 39.2 Å². The Morgan fingerprint density at radius 2 is 1.92 bits per heavy atom. The normalized spacial score (nSPS) is 12.4. The van der Waals surface area contributed by atoms with E-state index in [0.29, 0.717) is 5.75 Å². The van der Waals surface area contributed by atoms with Gasteiger partial charge in [0.15, 0.2) is 0 Å². The number of hydrogen-bond acceptors (Lipinski definition) is 5. The summed E-state index contributed by atoms with van der Waals surface area (Å²) in [5.41, 5.74) is 0.875. The molecule has 0 aliphatic heterocycles. The molecule has 0 aliphatic rings. The van der Waals surface area contributed by atoms with Gasteiger partial charge in [-0.25, -0.2) is 8.42 Å². The van der Waals surface area contributed by atoms with Crippen LogP contribution in [0.4, 0.5) is 0 Å². The number of aliphatic hydroxyl groups is 1. The Kier molecular flexibility index (Phi) is 7.38. The molecule has 0 heterocycles. The van der Waals surface area contributed by atoms with Crippen molar-refractivity contribution in [3.63, 3.8) is 0 Å². The topological polar surface area (TPSA) is 105 Å². The SMILES string of the molecule is COc1ccc(S(=O)(=O)N[C@@H](CO)C(=O)NCc2cccc(I)c2)cc1. The number of carbonyl (C=O) groups excluding carboxylic acids is 1. The first-order chi connectivity index (χ1) is 12.4. The highest BCUT2D eigenvalue weighted by atomic mass is 127. The summed E-state index contributed by atoms with van der Waals surface area (Å²) in [4.78, 5) is 12.2. The first-order valence-corrected chi connectivity index (χ1v) is 10.2. The summed E-state index contributed by atoms with van der Waals surface area (Å²) in [7, 11) is -2.49. The number of benzene rings is 2. The van der Waals surface area contributed by atoms with Gasteiger partial charge in [0.05, 0.1) is 18.6 Å². The van der Waals surface area contributed by atoms with Gasteiger partial charge in [-0.05, 0) is 64.6 Å². The number of hydrogen-bond donors (Lipinski definition) is 3. The number of ether oxygens (including phenoxy) is 1. The molecule has 0 spiro atoms. The van der Waals surface area contributed by atoms with E-state index >= 15 is 0 Å². The molecule has 2 aromatic rings. The zero-order valence-electron chi connectivity index (χ0n) is 14.0. The van der Waals surface area contributed by atoms with Crippen molar-refractivity contribution in [3.8, 4) is 5.75 Å². The number of amides is 1. The average Bonchev–Trinajstić information content (AvgIpc) is 2.64. The zero-order chi connectivity index (χ0) is 19.2.